The lowest BCUT2D eigenvalue weighted by Crippen LogP contribution is -2.37. The Morgan fingerprint density at radius 3 is 2.70 bits per heavy atom. The van der Waals surface area contributed by atoms with Gasteiger partial charge in [-0.15, -0.1) is 0 Å². The van der Waals surface area contributed by atoms with E-state index in [1.807, 2.05) is 0 Å². The van der Waals surface area contributed by atoms with E-state index in [0.29, 0.717) is 0 Å². The van der Waals surface area contributed by atoms with E-state index < -0.39 is 0 Å². The molecule has 20 heavy (non-hydrogen) atoms. The third kappa shape index (κ3) is 3.07. The van der Waals surface area contributed by atoms with Crippen LogP contribution in [0.15, 0.2) is 24.3 Å². The molecule has 1 aromatic rings. The summed E-state index contributed by atoms with van der Waals surface area (Å²) in [7, 11) is 0. The predicted octanol–water partition coefficient (Wildman–Crippen LogP) is 3.17. The molecule has 0 aliphatic carbocycles. The van der Waals surface area contributed by atoms with Gasteiger partial charge in [0.15, 0.2) is 0 Å². The fraction of sp³-hybridized carbons (Fsp3) is 0.667. The van der Waals surface area contributed by atoms with E-state index in [-0.39, 0.29) is 0 Å². The average Bonchev–Trinajstić information content (AvgIpc) is 2.81. The van der Waals surface area contributed by atoms with E-state index in [9.17, 15) is 0 Å². The fourth-order valence-electron chi connectivity index (χ4n) is 4.02. The van der Waals surface area contributed by atoms with Crippen molar-refractivity contribution in [3.8, 4) is 0 Å². The van der Waals surface area contributed by atoms with Crippen LogP contribution in [0, 0.1) is 12.8 Å². The molecular formula is C18H28N2. The maximum absolute atomic E-state index is 3.47. The molecule has 110 valence electrons. The minimum Gasteiger partial charge on any atom is -0.317 e. The number of hydrogen-bond donors (Lipinski definition) is 1. The Morgan fingerprint density at radius 2 is 1.95 bits per heavy atom. The third-order valence-corrected chi connectivity index (χ3v) is 5.28. The summed E-state index contributed by atoms with van der Waals surface area (Å²) in [6, 6.07) is 9.69. The van der Waals surface area contributed by atoms with E-state index >= 15 is 0 Å². The first-order valence-corrected chi connectivity index (χ1v) is 8.24. The molecule has 0 bridgehead atoms. The molecule has 0 aromatic heterocycles. The van der Waals surface area contributed by atoms with Crippen LogP contribution in [0.5, 0.6) is 0 Å². The summed E-state index contributed by atoms with van der Waals surface area (Å²) < 4.78 is 0. The summed E-state index contributed by atoms with van der Waals surface area (Å²) in [5.41, 5.74) is 3.04. The first kappa shape index (κ1) is 14.1. The zero-order valence-electron chi connectivity index (χ0n) is 12.9. The Hall–Kier alpha value is -0.860. The molecular weight excluding hydrogens is 244 g/mol. The van der Waals surface area contributed by atoms with Crippen LogP contribution in [-0.2, 0) is 0 Å². The summed E-state index contributed by atoms with van der Waals surface area (Å²) in [6.07, 6.45) is 4.05. The Balaban J connectivity index is 1.63. The molecule has 0 amide bonds. The minimum absolute atomic E-state index is 0.743. The molecule has 1 aromatic carbocycles. The maximum Gasteiger partial charge on any atom is 0.00735 e. The molecule has 0 saturated carbocycles. The Bertz CT molecular complexity index is 437. The molecule has 2 saturated heterocycles. The minimum atomic E-state index is 0.743. The van der Waals surface area contributed by atoms with Crippen LogP contribution in [0.2, 0.25) is 0 Å². The van der Waals surface area contributed by atoms with Gasteiger partial charge < -0.3 is 5.32 Å². The molecule has 2 heteroatoms. The Kier molecular flexibility index (Phi) is 4.42. The molecule has 1 N–H and O–H groups in total. The second-order valence-electron chi connectivity index (χ2n) is 6.79. The molecule has 2 aliphatic rings. The molecule has 2 atom stereocenters. The van der Waals surface area contributed by atoms with Crippen molar-refractivity contribution < 1.29 is 0 Å². The standard InChI is InChI=1S/C18H28N2/c1-14-5-3-4-6-18(14)17-11-15(2)20(13-17)12-16-7-9-19-10-8-16/h3-6,15-17,19H,7-13H2,1-2H3. The van der Waals surface area contributed by atoms with Crippen molar-refractivity contribution in [3.63, 3.8) is 0 Å². The number of rotatable bonds is 3. The molecule has 3 rings (SSSR count). The van der Waals surface area contributed by atoms with E-state index in [2.05, 4.69) is 48.3 Å². The SMILES string of the molecule is Cc1ccccc1C1CC(C)N(CC2CCNCC2)C1. The number of benzene rings is 1. The second kappa shape index (κ2) is 6.28. The summed E-state index contributed by atoms with van der Waals surface area (Å²) in [5, 5.41) is 3.47. The first-order chi connectivity index (χ1) is 9.74. The fourth-order valence-corrected chi connectivity index (χ4v) is 4.02. The van der Waals surface area contributed by atoms with Crippen molar-refractivity contribution in [1.82, 2.24) is 10.2 Å². The highest BCUT2D eigenvalue weighted by Crippen LogP contribution is 2.34. The van der Waals surface area contributed by atoms with E-state index in [1.165, 1.54) is 51.0 Å². The van der Waals surface area contributed by atoms with Crippen molar-refractivity contribution in [2.45, 2.75) is 45.1 Å². The van der Waals surface area contributed by atoms with Gasteiger partial charge >= 0.3 is 0 Å². The largest absolute Gasteiger partial charge is 0.317 e. The molecule has 2 fully saturated rings. The Morgan fingerprint density at radius 1 is 1.20 bits per heavy atom. The van der Waals surface area contributed by atoms with Crippen LogP contribution in [0.4, 0.5) is 0 Å². The molecule has 2 unspecified atom stereocenters. The zero-order chi connectivity index (χ0) is 13.9. The van der Waals surface area contributed by atoms with E-state index in [0.717, 1.165) is 17.9 Å². The van der Waals surface area contributed by atoms with Crippen LogP contribution in [0.1, 0.15) is 43.2 Å². The molecule has 2 heterocycles. The first-order valence-electron chi connectivity index (χ1n) is 8.24. The van der Waals surface area contributed by atoms with Gasteiger partial charge in [0, 0.05) is 19.1 Å². The van der Waals surface area contributed by atoms with Crippen molar-refractivity contribution in [2.75, 3.05) is 26.2 Å². The van der Waals surface area contributed by atoms with Crippen molar-refractivity contribution in [2.24, 2.45) is 5.92 Å². The summed E-state index contributed by atoms with van der Waals surface area (Å²) >= 11 is 0. The van der Waals surface area contributed by atoms with Gasteiger partial charge in [-0.05, 0) is 69.2 Å². The monoisotopic (exact) mass is 272 g/mol. The molecule has 2 nitrogen and oxygen atoms in total. The summed E-state index contributed by atoms with van der Waals surface area (Å²) in [5.74, 6) is 1.65. The maximum atomic E-state index is 3.47. The lowest BCUT2D eigenvalue weighted by atomic mass is 9.93. The van der Waals surface area contributed by atoms with Gasteiger partial charge in [-0.2, -0.15) is 0 Å². The van der Waals surface area contributed by atoms with Gasteiger partial charge in [-0.1, -0.05) is 24.3 Å². The van der Waals surface area contributed by atoms with Gasteiger partial charge in [0.2, 0.25) is 0 Å². The van der Waals surface area contributed by atoms with Gasteiger partial charge in [0.1, 0.15) is 0 Å². The van der Waals surface area contributed by atoms with Crippen LogP contribution < -0.4 is 5.32 Å². The third-order valence-electron chi connectivity index (χ3n) is 5.28. The topological polar surface area (TPSA) is 15.3 Å². The second-order valence-corrected chi connectivity index (χ2v) is 6.79. The number of nitrogens with one attached hydrogen (secondary N) is 1. The van der Waals surface area contributed by atoms with Crippen LogP contribution in [0.25, 0.3) is 0 Å². The molecule has 0 spiro atoms. The predicted molar refractivity (Wildman–Crippen MR) is 85.2 cm³/mol. The number of piperidine rings is 1. The normalized spacial score (nSPS) is 28.9. The summed E-state index contributed by atoms with van der Waals surface area (Å²) in [6.45, 7) is 9.68. The number of hydrogen-bond acceptors (Lipinski definition) is 2. The number of aryl methyl sites for hydroxylation is 1. The highest BCUT2D eigenvalue weighted by Gasteiger charge is 2.32. The van der Waals surface area contributed by atoms with Crippen molar-refractivity contribution >= 4 is 0 Å². The molecule has 2 aliphatic heterocycles. The quantitative estimate of drug-likeness (QED) is 0.909. The van der Waals surface area contributed by atoms with Crippen LogP contribution in [-0.4, -0.2) is 37.1 Å². The van der Waals surface area contributed by atoms with E-state index in [1.54, 1.807) is 5.56 Å². The summed E-state index contributed by atoms with van der Waals surface area (Å²) in [4.78, 5) is 2.74. The average molecular weight is 272 g/mol. The number of nitrogens with zero attached hydrogens (tertiary/aromatic N) is 1. The smallest absolute Gasteiger partial charge is 0.00735 e. The lowest BCUT2D eigenvalue weighted by molar-refractivity contribution is 0.200. The van der Waals surface area contributed by atoms with Crippen LogP contribution in [0.3, 0.4) is 0 Å². The van der Waals surface area contributed by atoms with Gasteiger partial charge in [-0.25, -0.2) is 0 Å². The van der Waals surface area contributed by atoms with E-state index in [4.69, 9.17) is 0 Å². The number of likely N-dealkylation sites (tertiary alicyclic amines) is 1. The van der Waals surface area contributed by atoms with Gasteiger partial charge in [0.25, 0.3) is 0 Å². The molecule has 0 radical (unpaired) electrons. The van der Waals surface area contributed by atoms with Gasteiger partial charge in [-0.3, -0.25) is 4.90 Å². The lowest BCUT2D eigenvalue weighted by Gasteiger charge is -2.29. The van der Waals surface area contributed by atoms with Gasteiger partial charge in [0.05, 0.1) is 0 Å². The highest BCUT2D eigenvalue weighted by molar-refractivity contribution is 5.30. The van der Waals surface area contributed by atoms with Crippen molar-refractivity contribution in [1.29, 1.82) is 0 Å². The Labute approximate surface area is 123 Å². The zero-order valence-corrected chi connectivity index (χ0v) is 12.9. The van der Waals surface area contributed by atoms with Crippen molar-refractivity contribution in [3.05, 3.63) is 35.4 Å². The highest BCUT2D eigenvalue weighted by atomic mass is 15.2. The van der Waals surface area contributed by atoms with Crippen LogP contribution >= 0.6 is 0 Å².